The fourth-order valence-electron chi connectivity index (χ4n) is 3.84. The van der Waals surface area contributed by atoms with Crippen LogP contribution in [0.15, 0.2) is 0 Å². The zero-order chi connectivity index (χ0) is 13.1. The van der Waals surface area contributed by atoms with Gasteiger partial charge in [-0.1, -0.05) is 19.8 Å². The summed E-state index contributed by atoms with van der Waals surface area (Å²) in [6, 6.07) is 0.438. The fraction of sp³-hybridized carbons (Fsp3) is 0.929. The summed E-state index contributed by atoms with van der Waals surface area (Å²) in [7, 11) is 0. The monoisotopic (exact) mass is 253 g/mol. The highest BCUT2D eigenvalue weighted by molar-refractivity contribution is 5.80. The van der Waals surface area contributed by atoms with Crippen LogP contribution in [0.3, 0.4) is 0 Å². The normalized spacial score (nSPS) is 37.9. The molecular formula is C14H27N3O. The van der Waals surface area contributed by atoms with Crippen LogP contribution in [-0.4, -0.2) is 36.0 Å². The summed E-state index contributed by atoms with van der Waals surface area (Å²) in [6.45, 7) is 4.02. The molecule has 18 heavy (non-hydrogen) atoms. The van der Waals surface area contributed by atoms with Crippen molar-refractivity contribution >= 4 is 5.91 Å². The highest BCUT2D eigenvalue weighted by Gasteiger charge is 2.40. The van der Waals surface area contributed by atoms with Crippen LogP contribution in [0.5, 0.6) is 0 Å². The van der Waals surface area contributed by atoms with Gasteiger partial charge in [0.15, 0.2) is 0 Å². The Bertz CT molecular complexity index is 295. The molecule has 1 amide bonds. The molecule has 0 aromatic carbocycles. The second kappa shape index (κ2) is 6.02. The summed E-state index contributed by atoms with van der Waals surface area (Å²) in [4.78, 5) is 13.9. The molecule has 104 valence electrons. The van der Waals surface area contributed by atoms with E-state index in [9.17, 15) is 4.79 Å². The van der Waals surface area contributed by atoms with Crippen molar-refractivity contribution in [1.29, 1.82) is 0 Å². The van der Waals surface area contributed by atoms with Crippen LogP contribution in [0.25, 0.3) is 0 Å². The first-order valence-corrected chi connectivity index (χ1v) is 7.42. The number of carbonyl (C=O) groups is 1. The predicted octanol–water partition coefficient (Wildman–Crippen LogP) is 1.09. The predicted molar refractivity (Wildman–Crippen MR) is 72.9 cm³/mol. The third-order valence-electron chi connectivity index (χ3n) is 4.99. The van der Waals surface area contributed by atoms with Crippen molar-refractivity contribution in [2.75, 3.05) is 13.1 Å². The molecule has 0 bridgehead atoms. The van der Waals surface area contributed by atoms with Crippen LogP contribution in [0.2, 0.25) is 0 Å². The number of nitrogens with two attached hydrogens (primary N) is 2. The lowest BCUT2D eigenvalue weighted by Crippen LogP contribution is -2.52. The Morgan fingerprint density at radius 1 is 1.33 bits per heavy atom. The van der Waals surface area contributed by atoms with Crippen molar-refractivity contribution in [3.63, 3.8) is 0 Å². The van der Waals surface area contributed by atoms with Gasteiger partial charge in [-0.05, 0) is 50.6 Å². The number of primary amides is 1. The minimum atomic E-state index is -0.151. The fourth-order valence-corrected chi connectivity index (χ4v) is 3.84. The van der Waals surface area contributed by atoms with Crippen LogP contribution in [0.1, 0.15) is 45.4 Å². The molecule has 4 atom stereocenters. The summed E-state index contributed by atoms with van der Waals surface area (Å²) in [6.07, 6.45) is 6.97. The molecule has 0 spiro atoms. The van der Waals surface area contributed by atoms with Crippen LogP contribution in [-0.2, 0) is 4.79 Å². The Kier molecular flexibility index (Phi) is 4.62. The summed E-state index contributed by atoms with van der Waals surface area (Å²) >= 11 is 0. The lowest BCUT2D eigenvalue weighted by molar-refractivity contribution is -0.123. The lowest BCUT2D eigenvalue weighted by Gasteiger charge is -2.42. The molecular weight excluding hydrogens is 226 g/mol. The van der Waals surface area contributed by atoms with Crippen molar-refractivity contribution in [1.82, 2.24) is 4.90 Å². The van der Waals surface area contributed by atoms with Gasteiger partial charge in [-0.25, -0.2) is 0 Å². The smallest absolute Gasteiger partial charge is 0.234 e. The molecule has 2 rings (SSSR count). The first-order chi connectivity index (χ1) is 8.67. The molecule has 4 N–H and O–H groups in total. The van der Waals surface area contributed by atoms with E-state index in [1.165, 1.54) is 25.7 Å². The van der Waals surface area contributed by atoms with Gasteiger partial charge in [-0.2, -0.15) is 0 Å². The molecule has 1 aliphatic carbocycles. The second-order valence-electron chi connectivity index (χ2n) is 5.95. The van der Waals surface area contributed by atoms with Gasteiger partial charge in [-0.3, -0.25) is 9.69 Å². The minimum absolute atomic E-state index is 0.0420. The Morgan fingerprint density at radius 3 is 2.72 bits per heavy atom. The number of hydrogen-bond acceptors (Lipinski definition) is 3. The average molecular weight is 253 g/mol. The Morgan fingerprint density at radius 2 is 2.11 bits per heavy atom. The van der Waals surface area contributed by atoms with Crippen LogP contribution < -0.4 is 11.5 Å². The van der Waals surface area contributed by atoms with E-state index in [1.807, 2.05) is 0 Å². The maximum atomic E-state index is 11.6. The van der Waals surface area contributed by atoms with Crippen LogP contribution in [0, 0.1) is 11.8 Å². The first-order valence-electron chi connectivity index (χ1n) is 7.42. The zero-order valence-corrected chi connectivity index (χ0v) is 11.5. The zero-order valence-electron chi connectivity index (χ0n) is 11.5. The van der Waals surface area contributed by atoms with Crippen molar-refractivity contribution in [3.05, 3.63) is 0 Å². The molecule has 2 aliphatic rings. The van der Waals surface area contributed by atoms with Crippen molar-refractivity contribution in [2.45, 2.75) is 57.5 Å². The third-order valence-corrected chi connectivity index (χ3v) is 4.99. The van der Waals surface area contributed by atoms with Crippen molar-refractivity contribution in [2.24, 2.45) is 23.3 Å². The maximum Gasteiger partial charge on any atom is 0.234 e. The second-order valence-corrected chi connectivity index (χ2v) is 5.95. The van der Waals surface area contributed by atoms with Gasteiger partial charge in [0.1, 0.15) is 0 Å². The molecule has 1 saturated heterocycles. The largest absolute Gasteiger partial charge is 0.368 e. The van der Waals surface area contributed by atoms with Gasteiger partial charge in [-0.15, -0.1) is 0 Å². The van der Waals surface area contributed by atoms with Gasteiger partial charge in [0.2, 0.25) is 5.91 Å². The van der Waals surface area contributed by atoms with Gasteiger partial charge in [0.05, 0.1) is 6.04 Å². The number of carbonyl (C=O) groups excluding carboxylic acids is 1. The van der Waals surface area contributed by atoms with E-state index < -0.39 is 0 Å². The Labute approximate surface area is 110 Å². The summed E-state index contributed by atoms with van der Waals surface area (Å²) < 4.78 is 0. The quantitative estimate of drug-likeness (QED) is 0.787. The van der Waals surface area contributed by atoms with Gasteiger partial charge < -0.3 is 11.5 Å². The molecule has 4 nitrogen and oxygen atoms in total. The number of nitrogens with zero attached hydrogens (tertiary/aromatic N) is 1. The minimum Gasteiger partial charge on any atom is -0.368 e. The molecule has 1 aliphatic heterocycles. The molecule has 4 unspecified atom stereocenters. The molecule has 0 aromatic heterocycles. The number of amides is 1. The first kappa shape index (κ1) is 13.8. The van der Waals surface area contributed by atoms with E-state index in [0.29, 0.717) is 12.0 Å². The molecule has 1 heterocycles. The Hall–Kier alpha value is -0.610. The summed E-state index contributed by atoms with van der Waals surface area (Å²) in [5, 5.41) is 0. The molecule has 4 heteroatoms. The molecule has 0 aromatic rings. The van der Waals surface area contributed by atoms with Gasteiger partial charge in [0, 0.05) is 6.04 Å². The van der Waals surface area contributed by atoms with E-state index in [0.717, 1.165) is 31.8 Å². The summed E-state index contributed by atoms with van der Waals surface area (Å²) in [5.41, 5.74) is 11.5. The highest BCUT2D eigenvalue weighted by Crippen LogP contribution is 2.36. The van der Waals surface area contributed by atoms with E-state index in [-0.39, 0.29) is 11.9 Å². The maximum absolute atomic E-state index is 11.6. The van der Waals surface area contributed by atoms with E-state index >= 15 is 0 Å². The van der Waals surface area contributed by atoms with E-state index in [2.05, 4.69) is 11.8 Å². The average Bonchev–Trinajstić information content (AvgIpc) is 2.87. The highest BCUT2D eigenvalue weighted by atomic mass is 16.1. The third kappa shape index (κ3) is 2.69. The SMILES string of the molecule is CCC1CCC(CN)C(N2CCCC2C(N)=O)C1. The Balaban J connectivity index is 2.09. The molecule has 0 radical (unpaired) electrons. The van der Waals surface area contributed by atoms with Crippen molar-refractivity contribution < 1.29 is 4.79 Å². The number of likely N-dealkylation sites (tertiary alicyclic amines) is 1. The lowest BCUT2D eigenvalue weighted by atomic mass is 9.76. The van der Waals surface area contributed by atoms with Crippen molar-refractivity contribution in [3.8, 4) is 0 Å². The topological polar surface area (TPSA) is 72.3 Å². The molecule has 1 saturated carbocycles. The number of hydrogen-bond donors (Lipinski definition) is 2. The standard InChI is InChI=1S/C14H27N3O/c1-2-10-5-6-11(9-15)13(8-10)17-7-3-4-12(17)14(16)18/h10-13H,2-9,15H2,1H3,(H2,16,18). The van der Waals surface area contributed by atoms with E-state index in [1.54, 1.807) is 0 Å². The molecule has 2 fully saturated rings. The van der Waals surface area contributed by atoms with Crippen LogP contribution >= 0.6 is 0 Å². The van der Waals surface area contributed by atoms with Crippen LogP contribution in [0.4, 0.5) is 0 Å². The van der Waals surface area contributed by atoms with Gasteiger partial charge in [0.25, 0.3) is 0 Å². The van der Waals surface area contributed by atoms with E-state index in [4.69, 9.17) is 11.5 Å². The number of rotatable bonds is 4. The van der Waals surface area contributed by atoms with Gasteiger partial charge >= 0.3 is 0 Å². The summed E-state index contributed by atoms with van der Waals surface area (Å²) in [5.74, 6) is 1.20.